The molecule has 1 aromatic heterocycles. The van der Waals surface area contributed by atoms with Gasteiger partial charge in [0.25, 0.3) is 0 Å². The predicted molar refractivity (Wildman–Crippen MR) is 94.2 cm³/mol. The van der Waals surface area contributed by atoms with Gasteiger partial charge in [0, 0.05) is 24.1 Å². The van der Waals surface area contributed by atoms with Crippen molar-refractivity contribution in [2.75, 3.05) is 5.75 Å². The van der Waals surface area contributed by atoms with Gasteiger partial charge in [0.1, 0.15) is 0 Å². The molecule has 0 atom stereocenters. The average molecular weight is 329 g/mol. The number of nitrogens with zero attached hydrogens (tertiary/aromatic N) is 2. The third-order valence-electron chi connectivity index (χ3n) is 4.43. The minimum Gasteiger partial charge on any atom is -0.353 e. The summed E-state index contributed by atoms with van der Waals surface area (Å²) in [6, 6.07) is 6.74. The van der Waals surface area contributed by atoms with Crippen molar-refractivity contribution < 1.29 is 4.79 Å². The van der Waals surface area contributed by atoms with Crippen LogP contribution in [0.15, 0.2) is 35.7 Å². The zero-order chi connectivity index (χ0) is 16.2. The Kier molecular flexibility index (Phi) is 5.06. The van der Waals surface area contributed by atoms with Gasteiger partial charge in [0.05, 0.1) is 5.75 Å². The first-order valence-electron chi connectivity index (χ1n) is 8.16. The standard InChI is InChI=1S/C18H23N3OS/c1-13-7-8-16(11-14(13)2)21-10-9-19-18(21)23-12-17(22)20-15-5-3-4-6-15/h7-11,15H,3-6,12H2,1-2H3,(H,20,22). The summed E-state index contributed by atoms with van der Waals surface area (Å²) < 4.78 is 2.04. The molecule has 0 saturated heterocycles. The van der Waals surface area contributed by atoms with Gasteiger partial charge in [0.15, 0.2) is 5.16 Å². The molecule has 1 N–H and O–H groups in total. The Morgan fingerprint density at radius 3 is 2.83 bits per heavy atom. The number of thioether (sulfide) groups is 1. The lowest BCUT2D eigenvalue weighted by atomic mass is 10.1. The topological polar surface area (TPSA) is 46.9 Å². The lowest BCUT2D eigenvalue weighted by Crippen LogP contribution is -2.33. The molecular formula is C18H23N3OS. The summed E-state index contributed by atoms with van der Waals surface area (Å²) in [6.45, 7) is 4.22. The monoisotopic (exact) mass is 329 g/mol. The zero-order valence-electron chi connectivity index (χ0n) is 13.7. The Morgan fingerprint density at radius 1 is 1.30 bits per heavy atom. The summed E-state index contributed by atoms with van der Waals surface area (Å²) in [5.41, 5.74) is 3.62. The molecule has 0 bridgehead atoms. The van der Waals surface area contributed by atoms with Crippen LogP contribution >= 0.6 is 11.8 Å². The Bertz CT molecular complexity index is 689. The van der Waals surface area contributed by atoms with E-state index in [1.165, 1.54) is 35.7 Å². The molecule has 5 heteroatoms. The quantitative estimate of drug-likeness (QED) is 0.852. The first kappa shape index (κ1) is 16.1. The van der Waals surface area contributed by atoms with Crippen molar-refractivity contribution in [2.45, 2.75) is 50.7 Å². The first-order chi connectivity index (χ1) is 11.1. The highest BCUT2D eigenvalue weighted by Gasteiger charge is 2.17. The van der Waals surface area contributed by atoms with E-state index < -0.39 is 0 Å². The number of carbonyl (C=O) groups excluding carboxylic acids is 1. The molecule has 0 radical (unpaired) electrons. The number of rotatable bonds is 5. The van der Waals surface area contributed by atoms with E-state index in [1.54, 1.807) is 6.20 Å². The van der Waals surface area contributed by atoms with Crippen molar-refractivity contribution in [2.24, 2.45) is 0 Å². The number of aromatic nitrogens is 2. The van der Waals surface area contributed by atoms with Gasteiger partial charge in [-0.1, -0.05) is 30.7 Å². The third kappa shape index (κ3) is 3.96. The average Bonchev–Trinajstić information content (AvgIpc) is 3.19. The number of imidazole rings is 1. The van der Waals surface area contributed by atoms with Crippen molar-refractivity contribution in [3.8, 4) is 5.69 Å². The maximum atomic E-state index is 12.1. The van der Waals surface area contributed by atoms with Gasteiger partial charge in [-0.2, -0.15) is 0 Å². The smallest absolute Gasteiger partial charge is 0.230 e. The van der Waals surface area contributed by atoms with Gasteiger partial charge in [-0.25, -0.2) is 4.98 Å². The van der Waals surface area contributed by atoms with E-state index in [2.05, 4.69) is 42.3 Å². The summed E-state index contributed by atoms with van der Waals surface area (Å²) in [4.78, 5) is 16.5. The molecule has 23 heavy (non-hydrogen) atoms. The van der Waals surface area contributed by atoms with Crippen LogP contribution in [0.25, 0.3) is 5.69 Å². The number of hydrogen-bond donors (Lipinski definition) is 1. The Morgan fingerprint density at radius 2 is 2.09 bits per heavy atom. The molecule has 0 aliphatic heterocycles. The molecule has 122 valence electrons. The van der Waals surface area contributed by atoms with Crippen molar-refractivity contribution in [3.63, 3.8) is 0 Å². The normalized spacial score (nSPS) is 15.0. The summed E-state index contributed by atoms with van der Waals surface area (Å²) in [5.74, 6) is 0.523. The first-order valence-corrected chi connectivity index (χ1v) is 9.15. The minimum absolute atomic E-state index is 0.108. The summed E-state index contributed by atoms with van der Waals surface area (Å²) in [5, 5.41) is 3.98. The summed E-state index contributed by atoms with van der Waals surface area (Å²) >= 11 is 1.49. The van der Waals surface area contributed by atoms with Crippen LogP contribution in [-0.2, 0) is 4.79 Å². The predicted octanol–water partition coefficient (Wildman–Crippen LogP) is 3.64. The van der Waals surface area contributed by atoms with Crippen LogP contribution in [0.4, 0.5) is 0 Å². The summed E-state index contributed by atoms with van der Waals surface area (Å²) in [7, 11) is 0. The molecule has 1 saturated carbocycles. The molecule has 3 rings (SSSR count). The van der Waals surface area contributed by atoms with E-state index in [1.807, 2.05) is 10.8 Å². The van der Waals surface area contributed by atoms with Crippen LogP contribution in [0.2, 0.25) is 0 Å². The fraction of sp³-hybridized carbons (Fsp3) is 0.444. The van der Waals surface area contributed by atoms with Gasteiger partial charge < -0.3 is 5.32 Å². The number of benzene rings is 1. The second-order valence-electron chi connectivity index (χ2n) is 6.19. The molecule has 0 unspecified atom stereocenters. The highest BCUT2D eigenvalue weighted by Crippen LogP contribution is 2.22. The number of amides is 1. The molecule has 2 aromatic rings. The van der Waals surface area contributed by atoms with E-state index in [4.69, 9.17) is 0 Å². The molecule has 1 aliphatic carbocycles. The molecule has 1 heterocycles. The van der Waals surface area contributed by atoms with Gasteiger partial charge in [-0.3, -0.25) is 9.36 Å². The van der Waals surface area contributed by atoms with E-state index in [9.17, 15) is 4.79 Å². The number of carbonyl (C=O) groups is 1. The van der Waals surface area contributed by atoms with E-state index >= 15 is 0 Å². The van der Waals surface area contributed by atoms with Gasteiger partial charge in [-0.05, 0) is 49.9 Å². The molecule has 1 fully saturated rings. The molecule has 0 spiro atoms. The number of nitrogens with one attached hydrogen (secondary N) is 1. The van der Waals surface area contributed by atoms with Gasteiger partial charge >= 0.3 is 0 Å². The van der Waals surface area contributed by atoms with Crippen LogP contribution in [0.1, 0.15) is 36.8 Å². The molecule has 1 aromatic carbocycles. The maximum Gasteiger partial charge on any atom is 0.230 e. The largest absolute Gasteiger partial charge is 0.353 e. The number of hydrogen-bond acceptors (Lipinski definition) is 3. The fourth-order valence-electron chi connectivity index (χ4n) is 2.94. The molecule has 4 nitrogen and oxygen atoms in total. The molecule has 1 aliphatic rings. The summed E-state index contributed by atoms with van der Waals surface area (Å²) in [6.07, 6.45) is 8.43. The van der Waals surface area contributed by atoms with Crippen LogP contribution in [0, 0.1) is 13.8 Å². The second kappa shape index (κ2) is 7.21. The van der Waals surface area contributed by atoms with E-state index in [0.29, 0.717) is 11.8 Å². The molecule has 1 amide bonds. The Hall–Kier alpha value is -1.75. The fourth-order valence-corrected chi connectivity index (χ4v) is 3.72. The van der Waals surface area contributed by atoms with Crippen LogP contribution < -0.4 is 5.32 Å². The second-order valence-corrected chi connectivity index (χ2v) is 7.13. The van der Waals surface area contributed by atoms with E-state index in [-0.39, 0.29) is 5.91 Å². The van der Waals surface area contributed by atoms with Gasteiger partial charge in [-0.15, -0.1) is 0 Å². The lowest BCUT2D eigenvalue weighted by molar-refractivity contribution is -0.119. The van der Waals surface area contributed by atoms with Crippen molar-refractivity contribution >= 4 is 17.7 Å². The van der Waals surface area contributed by atoms with E-state index in [0.717, 1.165) is 23.7 Å². The SMILES string of the molecule is Cc1ccc(-n2ccnc2SCC(=O)NC2CCCC2)cc1C. The van der Waals surface area contributed by atoms with Crippen molar-refractivity contribution in [1.82, 2.24) is 14.9 Å². The lowest BCUT2D eigenvalue weighted by Gasteiger charge is -2.12. The maximum absolute atomic E-state index is 12.1. The van der Waals surface area contributed by atoms with Crippen LogP contribution in [0.5, 0.6) is 0 Å². The Balaban J connectivity index is 1.64. The van der Waals surface area contributed by atoms with Crippen molar-refractivity contribution in [3.05, 3.63) is 41.7 Å². The van der Waals surface area contributed by atoms with Crippen LogP contribution in [0.3, 0.4) is 0 Å². The highest BCUT2D eigenvalue weighted by atomic mass is 32.2. The highest BCUT2D eigenvalue weighted by molar-refractivity contribution is 7.99. The van der Waals surface area contributed by atoms with Crippen LogP contribution in [-0.4, -0.2) is 27.3 Å². The van der Waals surface area contributed by atoms with Crippen molar-refractivity contribution in [1.29, 1.82) is 0 Å². The Labute approximate surface area is 141 Å². The zero-order valence-corrected chi connectivity index (χ0v) is 14.5. The van der Waals surface area contributed by atoms with Gasteiger partial charge in [0.2, 0.25) is 5.91 Å². The molecular weight excluding hydrogens is 306 g/mol. The number of aryl methyl sites for hydroxylation is 2. The third-order valence-corrected chi connectivity index (χ3v) is 5.39. The minimum atomic E-state index is 0.108.